The zero-order valence-corrected chi connectivity index (χ0v) is 7.79. The first-order valence-corrected chi connectivity index (χ1v) is 3.83. The molecule has 0 aliphatic rings. The summed E-state index contributed by atoms with van der Waals surface area (Å²) in [4.78, 5) is 10.7. The molecule has 0 aromatic carbocycles. The molecule has 5 heteroatoms. The number of carboxylic acids is 1. The van der Waals surface area contributed by atoms with Gasteiger partial charge in [-0.3, -0.25) is 0 Å². The van der Waals surface area contributed by atoms with Crippen LogP contribution >= 0.6 is 0 Å². The van der Waals surface area contributed by atoms with Gasteiger partial charge in [0.1, 0.15) is 0 Å². The maximum Gasteiger partial charge on any atom is 0.358 e. The number of carbonyl (C=O) groups is 1. The van der Waals surface area contributed by atoms with Gasteiger partial charge in [-0.1, -0.05) is 25.9 Å². The molecule has 0 aliphatic heterocycles. The third kappa shape index (κ3) is 1.63. The van der Waals surface area contributed by atoms with Crippen molar-refractivity contribution in [3.05, 3.63) is 11.3 Å². The smallest absolute Gasteiger partial charge is 0.358 e. The van der Waals surface area contributed by atoms with Crippen LogP contribution in [0.2, 0.25) is 0 Å². The monoisotopic (exact) mass is 184 g/mol. The number of rotatable bonds is 1. The highest BCUT2D eigenvalue weighted by molar-refractivity contribution is 5.88. The maximum atomic E-state index is 10.7. The van der Waals surface area contributed by atoms with Gasteiger partial charge in [0.15, 0.2) is 5.69 Å². The van der Waals surface area contributed by atoms with E-state index >= 15 is 0 Å². The van der Waals surface area contributed by atoms with E-state index in [2.05, 4.69) is 9.68 Å². The highest BCUT2D eigenvalue weighted by Crippen LogP contribution is 2.30. The van der Waals surface area contributed by atoms with Gasteiger partial charge >= 0.3 is 5.97 Å². The molecule has 1 heterocycles. The van der Waals surface area contributed by atoms with Crippen molar-refractivity contribution in [2.75, 3.05) is 5.73 Å². The van der Waals surface area contributed by atoms with E-state index in [9.17, 15) is 4.79 Å². The number of aromatic carboxylic acids is 1. The summed E-state index contributed by atoms with van der Waals surface area (Å²) in [6.45, 7) is 5.55. The molecule has 0 spiro atoms. The topological polar surface area (TPSA) is 89.3 Å². The maximum absolute atomic E-state index is 10.7. The fourth-order valence-corrected chi connectivity index (χ4v) is 1.17. The van der Waals surface area contributed by atoms with Gasteiger partial charge in [0, 0.05) is 0 Å². The molecule has 0 unspecified atom stereocenters. The molecular formula is C8H12N2O3. The zero-order valence-electron chi connectivity index (χ0n) is 7.79. The Hall–Kier alpha value is -1.52. The summed E-state index contributed by atoms with van der Waals surface area (Å²) >= 11 is 0. The minimum Gasteiger partial charge on any atom is -0.476 e. The van der Waals surface area contributed by atoms with E-state index in [4.69, 9.17) is 10.8 Å². The van der Waals surface area contributed by atoms with E-state index in [0.29, 0.717) is 5.56 Å². The number of hydrogen-bond acceptors (Lipinski definition) is 4. The van der Waals surface area contributed by atoms with Gasteiger partial charge in [0.05, 0.1) is 5.56 Å². The van der Waals surface area contributed by atoms with E-state index in [1.54, 1.807) is 0 Å². The minimum absolute atomic E-state index is 0.0740. The Labute approximate surface area is 75.5 Å². The fraction of sp³-hybridized carbons (Fsp3) is 0.500. The second kappa shape index (κ2) is 2.76. The molecule has 0 aliphatic carbocycles. The number of carboxylic acid groups (broad SMARTS) is 1. The number of hydrogen-bond donors (Lipinski definition) is 2. The lowest BCUT2D eigenvalue weighted by Gasteiger charge is -2.16. The van der Waals surface area contributed by atoms with Gasteiger partial charge < -0.3 is 15.4 Å². The van der Waals surface area contributed by atoms with Crippen LogP contribution < -0.4 is 5.73 Å². The summed E-state index contributed by atoms with van der Waals surface area (Å²) in [7, 11) is 0. The van der Waals surface area contributed by atoms with Crippen LogP contribution in [0.3, 0.4) is 0 Å². The van der Waals surface area contributed by atoms with Crippen molar-refractivity contribution in [3.8, 4) is 0 Å². The molecule has 0 saturated heterocycles. The van der Waals surface area contributed by atoms with Crippen LogP contribution in [-0.2, 0) is 5.41 Å². The fourth-order valence-electron chi connectivity index (χ4n) is 1.17. The Morgan fingerprint density at radius 1 is 1.54 bits per heavy atom. The molecule has 0 bridgehead atoms. The van der Waals surface area contributed by atoms with Gasteiger partial charge in [0.2, 0.25) is 5.88 Å². The van der Waals surface area contributed by atoms with Crippen molar-refractivity contribution >= 4 is 11.9 Å². The number of nitrogens with zero attached hydrogens (tertiary/aromatic N) is 1. The number of nitrogens with two attached hydrogens (primary N) is 1. The summed E-state index contributed by atoms with van der Waals surface area (Å²) in [6, 6.07) is 0. The van der Waals surface area contributed by atoms with Crippen molar-refractivity contribution in [2.24, 2.45) is 0 Å². The molecule has 1 aromatic rings. The van der Waals surface area contributed by atoms with Crippen LogP contribution in [-0.4, -0.2) is 16.2 Å². The molecule has 1 aromatic heterocycles. The van der Waals surface area contributed by atoms with Crippen LogP contribution in [0.1, 0.15) is 36.8 Å². The van der Waals surface area contributed by atoms with E-state index in [1.165, 1.54) is 0 Å². The highest BCUT2D eigenvalue weighted by atomic mass is 16.5. The molecule has 0 amide bonds. The van der Waals surface area contributed by atoms with Gasteiger partial charge in [0.25, 0.3) is 0 Å². The number of anilines is 1. The molecule has 72 valence electrons. The zero-order chi connectivity index (χ0) is 10.2. The van der Waals surface area contributed by atoms with Crippen LogP contribution in [0.5, 0.6) is 0 Å². The van der Waals surface area contributed by atoms with Crippen molar-refractivity contribution in [1.29, 1.82) is 0 Å². The molecule has 0 saturated carbocycles. The Morgan fingerprint density at radius 2 is 2.08 bits per heavy atom. The highest BCUT2D eigenvalue weighted by Gasteiger charge is 2.29. The van der Waals surface area contributed by atoms with Gasteiger partial charge in [-0.05, 0) is 5.41 Å². The van der Waals surface area contributed by atoms with Gasteiger partial charge in [-0.25, -0.2) is 4.79 Å². The predicted octanol–water partition coefficient (Wildman–Crippen LogP) is 1.25. The lowest BCUT2D eigenvalue weighted by molar-refractivity contribution is 0.0683. The molecule has 3 N–H and O–H groups in total. The Balaban J connectivity index is 3.33. The second-order valence-corrected chi connectivity index (χ2v) is 3.83. The summed E-state index contributed by atoms with van der Waals surface area (Å²) in [5, 5.41) is 12.1. The third-order valence-electron chi connectivity index (χ3n) is 1.67. The summed E-state index contributed by atoms with van der Waals surface area (Å²) in [5.74, 6) is -1.05. The largest absolute Gasteiger partial charge is 0.476 e. The Morgan fingerprint density at radius 3 is 2.38 bits per heavy atom. The molecule has 13 heavy (non-hydrogen) atoms. The van der Waals surface area contributed by atoms with Crippen molar-refractivity contribution in [1.82, 2.24) is 5.16 Å². The summed E-state index contributed by atoms with van der Waals surface area (Å²) in [5.41, 5.74) is 5.43. The molecule has 5 nitrogen and oxygen atoms in total. The molecular weight excluding hydrogens is 172 g/mol. The molecule has 0 fully saturated rings. The SMILES string of the molecule is CC(C)(C)c1c(C(=O)O)noc1N. The second-order valence-electron chi connectivity index (χ2n) is 3.83. The molecule has 0 radical (unpaired) electrons. The minimum atomic E-state index is -1.12. The van der Waals surface area contributed by atoms with E-state index in [0.717, 1.165) is 0 Å². The van der Waals surface area contributed by atoms with Crippen LogP contribution in [0.4, 0.5) is 5.88 Å². The number of nitrogen functional groups attached to an aromatic ring is 1. The van der Waals surface area contributed by atoms with Crippen LogP contribution in [0, 0.1) is 0 Å². The van der Waals surface area contributed by atoms with Crippen molar-refractivity contribution in [2.45, 2.75) is 26.2 Å². The summed E-state index contributed by atoms with van der Waals surface area (Å²) in [6.07, 6.45) is 0. The predicted molar refractivity (Wildman–Crippen MR) is 46.6 cm³/mol. The first kappa shape index (κ1) is 9.57. The quantitative estimate of drug-likeness (QED) is 0.685. The van der Waals surface area contributed by atoms with E-state index < -0.39 is 5.97 Å². The third-order valence-corrected chi connectivity index (χ3v) is 1.67. The number of aromatic nitrogens is 1. The standard InChI is InChI=1S/C8H12N2O3/c1-8(2,3)4-5(7(11)12)10-13-6(4)9/h9H2,1-3H3,(H,11,12). The van der Waals surface area contributed by atoms with Crippen LogP contribution in [0.25, 0.3) is 0 Å². The van der Waals surface area contributed by atoms with Crippen molar-refractivity contribution < 1.29 is 14.4 Å². The molecule has 1 rings (SSSR count). The Bertz CT molecular complexity index is 336. The van der Waals surface area contributed by atoms with E-state index in [1.807, 2.05) is 20.8 Å². The average molecular weight is 184 g/mol. The van der Waals surface area contributed by atoms with Crippen LogP contribution in [0.15, 0.2) is 4.52 Å². The van der Waals surface area contributed by atoms with Gasteiger partial charge in [-0.2, -0.15) is 0 Å². The first-order valence-electron chi connectivity index (χ1n) is 3.83. The lowest BCUT2D eigenvalue weighted by Crippen LogP contribution is -2.17. The lowest BCUT2D eigenvalue weighted by atomic mass is 9.86. The van der Waals surface area contributed by atoms with Gasteiger partial charge in [-0.15, -0.1) is 0 Å². The summed E-state index contributed by atoms with van der Waals surface area (Å²) < 4.78 is 4.63. The van der Waals surface area contributed by atoms with E-state index in [-0.39, 0.29) is 17.0 Å². The normalized spacial score (nSPS) is 11.6. The van der Waals surface area contributed by atoms with Crippen molar-refractivity contribution in [3.63, 3.8) is 0 Å². The first-order chi connectivity index (χ1) is 5.84. The Kier molecular flexibility index (Phi) is 2.03. The molecule has 0 atom stereocenters. The average Bonchev–Trinajstić information content (AvgIpc) is 2.28.